The van der Waals surface area contributed by atoms with Crippen LogP contribution < -0.4 is 10.5 Å². The number of benzene rings is 1. The Morgan fingerprint density at radius 3 is 2.95 bits per heavy atom. The van der Waals surface area contributed by atoms with Crippen molar-refractivity contribution in [3.05, 3.63) is 18.2 Å². The first kappa shape index (κ1) is 13.2. The normalized spacial score (nSPS) is 22.5. The van der Waals surface area contributed by atoms with E-state index in [-0.39, 0.29) is 5.60 Å². The molecule has 2 heterocycles. The third-order valence-corrected chi connectivity index (χ3v) is 3.93. The van der Waals surface area contributed by atoms with Crippen molar-refractivity contribution in [1.82, 2.24) is 9.55 Å². The molecule has 3 rings (SSSR count). The van der Waals surface area contributed by atoms with Gasteiger partial charge in [-0.2, -0.15) is 0 Å². The van der Waals surface area contributed by atoms with Crippen molar-refractivity contribution in [2.45, 2.75) is 18.6 Å². The molecule has 1 aliphatic rings. The first-order valence-corrected chi connectivity index (χ1v) is 6.60. The van der Waals surface area contributed by atoms with Crippen LogP contribution in [-0.2, 0) is 16.0 Å². The third kappa shape index (κ3) is 2.10. The molecule has 20 heavy (non-hydrogen) atoms. The SMILES string of the molecule is COc1ccc2nc(N)n(CC3(OC)CCOC3)c2c1. The predicted molar refractivity (Wildman–Crippen MR) is 75.9 cm³/mol. The summed E-state index contributed by atoms with van der Waals surface area (Å²) in [6.45, 7) is 1.91. The molecular formula is C14H19N3O3. The van der Waals surface area contributed by atoms with Gasteiger partial charge in [0.2, 0.25) is 5.95 Å². The highest BCUT2D eigenvalue weighted by molar-refractivity contribution is 5.80. The van der Waals surface area contributed by atoms with E-state index in [0.29, 0.717) is 25.7 Å². The summed E-state index contributed by atoms with van der Waals surface area (Å²) in [5.41, 5.74) is 7.53. The summed E-state index contributed by atoms with van der Waals surface area (Å²) in [6.07, 6.45) is 0.854. The van der Waals surface area contributed by atoms with E-state index in [4.69, 9.17) is 19.9 Å². The van der Waals surface area contributed by atoms with E-state index in [1.807, 2.05) is 22.8 Å². The summed E-state index contributed by atoms with van der Waals surface area (Å²) in [5.74, 6) is 1.27. The van der Waals surface area contributed by atoms with Gasteiger partial charge in [-0.1, -0.05) is 0 Å². The van der Waals surface area contributed by atoms with Crippen molar-refractivity contribution in [3.8, 4) is 5.75 Å². The Bertz CT molecular complexity index is 617. The van der Waals surface area contributed by atoms with Crippen LogP contribution in [0.5, 0.6) is 5.75 Å². The van der Waals surface area contributed by atoms with Crippen LogP contribution in [0, 0.1) is 0 Å². The van der Waals surface area contributed by atoms with Gasteiger partial charge in [0.1, 0.15) is 11.4 Å². The quantitative estimate of drug-likeness (QED) is 0.915. The fourth-order valence-electron chi connectivity index (χ4n) is 2.64. The number of hydrogen-bond acceptors (Lipinski definition) is 5. The van der Waals surface area contributed by atoms with Crippen LogP contribution in [0.4, 0.5) is 5.95 Å². The second kappa shape index (κ2) is 4.96. The Labute approximate surface area is 117 Å². The molecule has 1 aromatic carbocycles. The van der Waals surface area contributed by atoms with Gasteiger partial charge in [0.15, 0.2) is 0 Å². The Hall–Kier alpha value is -1.79. The van der Waals surface area contributed by atoms with Gasteiger partial charge in [-0.3, -0.25) is 0 Å². The molecular weight excluding hydrogens is 258 g/mol. The summed E-state index contributed by atoms with van der Waals surface area (Å²) >= 11 is 0. The van der Waals surface area contributed by atoms with Crippen LogP contribution in [0.1, 0.15) is 6.42 Å². The number of imidazole rings is 1. The van der Waals surface area contributed by atoms with Crippen LogP contribution >= 0.6 is 0 Å². The van der Waals surface area contributed by atoms with E-state index in [0.717, 1.165) is 23.2 Å². The van der Waals surface area contributed by atoms with Crippen molar-refractivity contribution in [1.29, 1.82) is 0 Å². The van der Waals surface area contributed by atoms with E-state index in [1.54, 1.807) is 14.2 Å². The molecule has 2 aromatic rings. The maximum Gasteiger partial charge on any atom is 0.201 e. The number of methoxy groups -OCH3 is 2. The van der Waals surface area contributed by atoms with Crippen molar-refractivity contribution in [2.75, 3.05) is 33.2 Å². The molecule has 1 aliphatic heterocycles. The molecule has 0 spiro atoms. The second-order valence-electron chi connectivity index (χ2n) is 5.10. The molecule has 0 radical (unpaired) electrons. The zero-order chi connectivity index (χ0) is 14.2. The summed E-state index contributed by atoms with van der Waals surface area (Å²) in [5, 5.41) is 0. The number of aromatic nitrogens is 2. The lowest BCUT2D eigenvalue weighted by atomic mass is 10.0. The first-order chi connectivity index (χ1) is 9.67. The van der Waals surface area contributed by atoms with Gasteiger partial charge >= 0.3 is 0 Å². The summed E-state index contributed by atoms with van der Waals surface area (Å²) in [4.78, 5) is 4.38. The topological polar surface area (TPSA) is 71.5 Å². The largest absolute Gasteiger partial charge is 0.497 e. The van der Waals surface area contributed by atoms with E-state index >= 15 is 0 Å². The van der Waals surface area contributed by atoms with Gasteiger partial charge < -0.3 is 24.5 Å². The maximum atomic E-state index is 6.05. The van der Waals surface area contributed by atoms with Gasteiger partial charge in [0.25, 0.3) is 0 Å². The molecule has 6 heteroatoms. The molecule has 1 fully saturated rings. The molecule has 1 unspecified atom stereocenters. The standard InChI is InChI=1S/C14H19N3O3/c1-18-10-3-4-11-12(7-10)17(13(15)16-11)8-14(19-2)5-6-20-9-14/h3-4,7H,5-6,8-9H2,1-2H3,(H2,15,16). The van der Waals surface area contributed by atoms with Crippen LogP contribution in [0.25, 0.3) is 11.0 Å². The van der Waals surface area contributed by atoms with Crippen molar-refractivity contribution in [3.63, 3.8) is 0 Å². The lowest BCUT2D eigenvalue weighted by molar-refractivity contribution is -0.0283. The molecule has 108 valence electrons. The maximum absolute atomic E-state index is 6.05. The number of nitrogens with two attached hydrogens (primary N) is 1. The van der Waals surface area contributed by atoms with E-state index in [9.17, 15) is 0 Å². The number of rotatable bonds is 4. The second-order valence-corrected chi connectivity index (χ2v) is 5.10. The fourth-order valence-corrected chi connectivity index (χ4v) is 2.64. The Morgan fingerprint density at radius 2 is 2.30 bits per heavy atom. The molecule has 0 amide bonds. The zero-order valence-electron chi connectivity index (χ0n) is 11.8. The van der Waals surface area contributed by atoms with Gasteiger partial charge in [0, 0.05) is 26.2 Å². The average Bonchev–Trinajstić information content (AvgIpc) is 3.05. The van der Waals surface area contributed by atoms with Crippen LogP contribution in [-0.4, -0.2) is 42.6 Å². The number of hydrogen-bond donors (Lipinski definition) is 1. The minimum atomic E-state index is -0.329. The first-order valence-electron chi connectivity index (χ1n) is 6.60. The molecule has 1 aromatic heterocycles. The molecule has 2 N–H and O–H groups in total. The highest BCUT2D eigenvalue weighted by Crippen LogP contribution is 2.29. The molecule has 1 atom stereocenters. The predicted octanol–water partition coefficient (Wildman–Crippen LogP) is 1.43. The summed E-state index contributed by atoms with van der Waals surface area (Å²) in [7, 11) is 3.36. The number of anilines is 1. The highest BCUT2D eigenvalue weighted by atomic mass is 16.5. The molecule has 0 aliphatic carbocycles. The third-order valence-electron chi connectivity index (χ3n) is 3.93. The minimum Gasteiger partial charge on any atom is -0.497 e. The summed E-state index contributed by atoms with van der Waals surface area (Å²) in [6, 6.07) is 5.73. The number of nitrogen functional groups attached to an aromatic ring is 1. The molecule has 0 bridgehead atoms. The fraction of sp³-hybridized carbons (Fsp3) is 0.500. The van der Waals surface area contributed by atoms with Crippen molar-refractivity contribution >= 4 is 17.0 Å². The average molecular weight is 277 g/mol. The molecule has 0 saturated carbocycles. The van der Waals surface area contributed by atoms with E-state index in [1.165, 1.54) is 0 Å². The lowest BCUT2D eigenvalue weighted by Gasteiger charge is -2.26. The van der Waals surface area contributed by atoms with Gasteiger partial charge in [-0.15, -0.1) is 0 Å². The van der Waals surface area contributed by atoms with E-state index < -0.39 is 0 Å². The van der Waals surface area contributed by atoms with E-state index in [2.05, 4.69) is 4.98 Å². The molecule has 6 nitrogen and oxygen atoms in total. The van der Waals surface area contributed by atoms with Gasteiger partial charge in [0.05, 0.1) is 31.3 Å². The number of fused-ring (bicyclic) bond motifs is 1. The smallest absolute Gasteiger partial charge is 0.201 e. The monoisotopic (exact) mass is 277 g/mol. The minimum absolute atomic E-state index is 0.329. The number of nitrogens with zero attached hydrogens (tertiary/aromatic N) is 2. The summed E-state index contributed by atoms with van der Waals surface area (Å²) < 4.78 is 18.4. The zero-order valence-corrected chi connectivity index (χ0v) is 11.8. The van der Waals surface area contributed by atoms with Crippen molar-refractivity contribution < 1.29 is 14.2 Å². The Kier molecular flexibility index (Phi) is 3.27. The Balaban J connectivity index is 2.03. The van der Waals surface area contributed by atoms with Crippen LogP contribution in [0.15, 0.2) is 18.2 Å². The van der Waals surface area contributed by atoms with Gasteiger partial charge in [-0.05, 0) is 12.1 Å². The van der Waals surface area contributed by atoms with Gasteiger partial charge in [-0.25, -0.2) is 4.98 Å². The molecule has 1 saturated heterocycles. The van der Waals surface area contributed by atoms with Crippen LogP contribution in [0.3, 0.4) is 0 Å². The van der Waals surface area contributed by atoms with Crippen molar-refractivity contribution in [2.24, 2.45) is 0 Å². The lowest BCUT2D eigenvalue weighted by Crippen LogP contribution is -2.37. The van der Waals surface area contributed by atoms with Crippen LogP contribution in [0.2, 0.25) is 0 Å². The number of ether oxygens (including phenoxy) is 3. The highest BCUT2D eigenvalue weighted by Gasteiger charge is 2.36. The Morgan fingerprint density at radius 1 is 1.45 bits per heavy atom.